The molecule has 9 heteroatoms. The van der Waals surface area contributed by atoms with Crippen LogP contribution in [0.4, 0.5) is 8.78 Å². The Kier molecular flexibility index (Phi) is 9.24. The lowest BCUT2D eigenvalue weighted by molar-refractivity contribution is 0.581. The smallest absolute Gasteiger partial charge is 0.158 e. The van der Waals surface area contributed by atoms with Gasteiger partial charge in [-0.25, -0.2) is 17.2 Å². The van der Waals surface area contributed by atoms with Gasteiger partial charge in [-0.05, 0) is 107 Å². The first-order valence-corrected chi connectivity index (χ1v) is 17.3. The third kappa shape index (κ3) is 7.13. The van der Waals surface area contributed by atoms with E-state index >= 15 is 8.78 Å². The molecule has 6 aromatic rings. The Bertz CT molecular complexity index is 2110. The van der Waals surface area contributed by atoms with E-state index in [1.165, 1.54) is 24.3 Å². The average Bonchev–Trinajstić information content (AvgIpc) is 3.05. The van der Waals surface area contributed by atoms with E-state index in [2.05, 4.69) is 9.97 Å². The highest BCUT2D eigenvalue weighted by Crippen LogP contribution is 2.36. The summed E-state index contributed by atoms with van der Waals surface area (Å²) in [6.07, 6.45) is 6.59. The van der Waals surface area contributed by atoms with Crippen LogP contribution in [0, 0.1) is 25.5 Å². The molecule has 0 fully saturated rings. The number of rotatable bonds is 8. The zero-order valence-electron chi connectivity index (χ0n) is 25.4. The van der Waals surface area contributed by atoms with Crippen molar-refractivity contribution in [2.75, 3.05) is 0 Å². The van der Waals surface area contributed by atoms with E-state index < -0.39 is 33.0 Å². The number of sulfone groups is 1. The van der Waals surface area contributed by atoms with Crippen molar-refractivity contribution in [2.24, 2.45) is 0 Å². The molecule has 0 aliphatic carbocycles. The number of benzene rings is 4. The number of hydrogen-bond acceptors (Lipinski definition) is 4. The van der Waals surface area contributed by atoms with Crippen LogP contribution in [0.15, 0.2) is 110 Å². The van der Waals surface area contributed by atoms with Crippen LogP contribution in [0.3, 0.4) is 0 Å². The van der Waals surface area contributed by atoms with Crippen LogP contribution in [0.1, 0.15) is 22.3 Å². The highest BCUT2D eigenvalue weighted by atomic mass is 35.5. The van der Waals surface area contributed by atoms with E-state index in [1.54, 1.807) is 49.1 Å². The molecule has 236 valence electrons. The molecule has 2 heterocycles. The lowest BCUT2D eigenvalue weighted by Crippen LogP contribution is -2.10. The van der Waals surface area contributed by atoms with Gasteiger partial charge < -0.3 is 0 Å². The standard InChI is InChI=1S/C38H28Cl2F2N2O2S/c1-23-15-25(7-9-35(23)39)31-11-13-43-19-33(31)27-3-5-29(37(41)17-27)21-47(45,46)22-30-6-4-28(18-38(30)42)34-20-44-14-12-32(34)26-8-10-36(40)24(2)16-26/h3-20H,21-22H2,1-2H3. The van der Waals surface area contributed by atoms with E-state index in [0.717, 1.165) is 33.4 Å². The van der Waals surface area contributed by atoms with Gasteiger partial charge in [-0.3, -0.25) is 9.97 Å². The molecule has 0 amide bonds. The molecule has 0 unspecified atom stereocenters. The first-order chi connectivity index (χ1) is 22.5. The normalized spacial score (nSPS) is 11.5. The molecular weight excluding hydrogens is 657 g/mol. The molecule has 47 heavy (non-hydrogen) atoms. The first kappa shape index (κ1) is 32.5. The zero-order chi connectivity index (χ0) is 33.3. The van der Waals surface area contributed by atoms with Crippen molar-refractivity contribution in [3.63, 3.8) is 0 Å². The second-order valence-corrected chi connectivity index (χ2v) is 14.3. The van der Waals surface area contributed by atoms with E-state index in [9.17, 15) is 8.42 Å². The van der Waals surface area contributed by atoms with Crippen molar-refractivity contribution in [3.8, 4) is 44.5 Å². The molecule has 0 spiro atoms. The van der Waals surface area contributed by atoms with Crippen LogP contribution < -0.4 is 0 Å². The van der Waals surface area contributed by atoms with E-state index in [4.69, 9.17) is 23.2 Å². The van der Waals surface area contributed by atoms with Crippen molar-refractivity contribution in [3.05, 3.63) is 154 Å². The maximum atomic E-state index is 15.4. The maximum Gasteiger partial charge on any atom is 0.158 e. The lowest BCUT2D eigenvalue weighted by atomic mass is 9.95. The van der Waals surface area contributed by atoms with Crippen LogP contribution in [0.2, 0.25) is 10.0 Å². The van der Waals surface area contributed by atoms with Crippen LogP contribution in [-0.4, -0.2) is 18.4 Å². The second-order valence-electron chi connectivity index (χ2n) is 11.4. The number of halogens is 4. The summed E-state index contributed by atoms with van der Waals surface area (Å²) in [4.78, 5) is 8.44. The molecule has 2 aromatic heterocycles. The predicted octanol–water partition coefficient (Wildman–Crippen LogP) is 10.5. The van der Waals surface area contributed by atoms with Gasteiger partial charge in [0.05, 0.1) is 11.5 Å². The Labute approximate surface area is 282 Å². The molecule has 0 N–H and O–H groups in total. The van der Waals surface area contributed by atoms with Gasteiger partial charge in [0.25, 0.3) is 0 Å². The lowest BCUT2D eigenvalue weighted by Gasteiger charge is -2.13. The Balaban J connectivity index is 1.23. The zero-order valence-corrected chi connectivity index (χ0v) is 27.8. The van der Waals surface area contributed by atoms with Crippen molar-refractivity contribution >= 4 is 33.0 Å². The fourth-order valence-corrected chi connectivity index (χ4v) is 7.32. The van der Waals surface area contributed by atoms with Crippen molar-refractivity contribution in [1.82, 2.24) is 9.97 Å². The predicted molar refractivity (Wildman–Crippen MR) is 186 cm³/mol. The Hall–Kier alpha value is -4.43. The minimum Gasteiger partial charge on any atom is -0.264 e. The summed E-state index contributed by atoms with van der Waals surface area (Å²) in [6, 6.07) is 23.8. The fourth-order valence-electron chi connectivity index (χ4n) is 5.57. The van der Waals surface area contributed by atoms with Crippen LogP contribution in [0.5, 0.6) is 0 Å². The van der Waals surface area contributed by atoms with Crippen LogP contribution in [0.25, 0.3) is 44.5 Å². The monoisotopic (exact) mass is 684 g/mol. The van der Waals surface area contributed by atoms with Crippen molar-refractivity contribution in [1.29, 1.82) is 0 Å². The molecule has 0 saturated heterocycles. The summed E-state index contributed by atoms with van der Waals surface area (Å²) in [5.41, 5.74) is 7.72. The third-order valence-corrected chi connectivity index (χ3v) is 10.4. The second kappa shape index (κ2) is 13.4. The molecule has 6 rings (SSSR count). The van der Waals surface area contributed by atoms with E-state index in [-0.39, 0.29) is 11.1 Å². The minimum absolute atomic E-state index is 0.00295. The van der Waals surface area contributed by atoms with E-state index in [0.29, 0.717) is 32.3 Å². The molecule has 0 aliphatic heterocycles. The van der Waals surface area contributed by atoms with Gasteiger partial charge in [-0.15, -0.1) is 0 Å². The minimum atomic E-state index is -3.94. The largest absolute Gasteiger partial charge is 0.264 e. The summed E-state index contributed by atoms with van der Waals surface area (Å²) < 4.78 is 57.2. The number of pyridine rings is 2. The molecule has 4 aromatic carbocycles. The Morgan fingerprint density at radius 2 is 0.936 bits per heavy atom. The van der Waals surface area contributed by atoms with Gasteiger partial charge in [0, 0.05) is 57.1 Å². The first-order valence-electron chi connectivity index (χ1n) is 14.7. The molecule has 0 radical (unpaired) electrons. The summed E-state index contributed by atoms with van der Waals surface area (Å²) in [5.74, 6) is -2.52. The number of aryl methyl sites for hydroxylation is 2. The Morgan fingerprint density at radius 1 is 0.553 bits per heavy atom. The number of nitrogens with zero attached hydrogens (tertiary/aromatic N) is 2. The number of aromatic nitrogens is 2. The molecular formula is C38H28Cl2F2N2O2S. The van der Waals surface area contributed by atoms with Gasteiger partial charge in [0.15, 0.2) is 9.84 Å². The van der Waals surface area contributed by atoms with Gasteiger partial charge in [-0.2, -0.15) is 0 Å². The van der Waals surface area contributed by atoms with Gasteiger partial charge in [0.2, 0.25) is 0 Å². The molecule has 0 bridgehead atoms. The molecule has 0 atom stereocenters. The third-order valence-electron chi connectivity index (χ3n) is 8.06. The van der Waals surface area contributed by atoms with Gasteiger partial charge >= 0.3 is 0 Å². The highest BCUT2D eigenvalue weighted by molar-refractivity contribution is 7.89. The molecule has 4 nitrogen and oxygen atoms in total. The SMILES string of the molecule is Cc1cc(-c2ccncc2-c2ccc(CS(=O)(=O)Cc3ccc(-c4cnccc4-c4ccc(Cl)c(C)c4)cc3F)c(F)c2)ccc1Cl. The quantitative estimate of drug-likeness (QED) is 0.160. The summed E-state index contributed by atoms with van der Waals surface area (Å²) >= 11 is 12.4. The van der Waals surface area contributed by atoms with E-state index in [1.807, 2.05) is 50.2 Å². The summed E-state index contributed by atoms with van der Waals surface area (Å²) in [5, 5.41) is 1.28. The molecule has 0 aliphatic rings. The Morgan fingerprint density at radius 3 is 1.32 bits per heavy atom. The topological polar surface area (TPSA) is 59.9 Å². The average molecular weight is 686 g/mol. The fraction of sp³-hybridized carbons (Fsp3) is 0.105. The molecule has 0 saturated carbocycles. The van der Waals surface area contributed by atoms with Gasteiger partial charge in [-0.1, -0.05) is 59.6 Å². The summed E-state index contributed by atoms with van der Waals surface area (Å²) in [6.45, 7) is 3.81. The highest BCUT2D eigenvalue weighted by Gasteiger charge is 2.20. The summed E-state index contributed by atoms with van der Waals surface area (Å²) in [7, 11) is -3.94. The van der Waals surface area contributed by atoms with Crippen molar-refractivity contribution in [2.45, 2.75) is 25.4 Å². The van der Waals surface area contributed by atoms with Crippen molar-refractivity contribution < 1.29 is 17.2 Å². The maximum absolute atomic E-state index is 15.4. The van der Waals surface area contributed by atoms with Crippen LogP contribution in [-0.2, 0) is 21.3 Å². The van der Waals surface area contributed by atoms with Gasteiger partial charge in [0.1, 0.15) is 11.6 Å². The number of hydrogen-bond donors (Lipinski definition) is 0. The van der Waals surface area contributed by atoms with Crippen LogP contribution >= 0.6 is 23.2 Å².